The molecule has 1 amide bonds. The molecule has 0 N–H and O–H groups in total. The Morgan fingerprint density at radius 2 is 2.24 bits per heavy atom. The van der Waals surface area contributed by atoms with Crippen molar-refractivity contribution in [3.63, 3.8) is 0 Å². The van der Waals surface area contributed by atoms with Gasteiger partial charge in [0, 0.05) is 20.0 Å². The molecule has 17 heavy (non-hydrogen) atoms. The molecule has 1 aliphatic rings. The fraction of sp³-hybridized carbons (Fsp3) is 0.545. The van der Waals surface area contributed by atoms with Gasteiger partial charge in [-0.25, -0.2) is 9.78 Å². The lowest BCUT2D eigenvalue weighted by Gasteiger charge is -2.27. The van der Waals surface area contributed by atoms with E-state index in [9.17, 15) is 9.59 Å². The first-order chi connectivity index (χ1) is 8.13. The molecule has 6 nitrogen and oxygen atoms in total. The number of esters is 1. The third kappa shape index (κ3) is 2.15. The van der Waals surface area contributed by atoms with Gasteiger partial charge >= 0.3 is 5.97 Å². The van der Waals surface area contributed by atoms with Crippen molar-refractivity contribution < 1.29 is 14.3 Å². The van der Waals surface area contributed by atoms with Crippen molar-refractivity contribution in [3.05, 3.63) is 17.7 Å². The van der Waals surface area contributed by atoms with Gasteiger partial charge in [-0.2, -0.15) is 0 Å². The summed E-state index contributed by atoms with van der Waals surface area (Å²) in [6.45, 7) is 5.29. The van der Waals surface area contributed by atoms with Crippen LogP contribution in [0.15, 0.2) is 6.20 Å². The molecule has 0 atom stereocenters. The summed E-state index contributed by atoms with van der Waals surface area (Å²) >= 11 is 0. The lowest BCUT2D eigenvalue weighted by molar-refractivity contribution is -0.130. The highest BCUT2D eigenvalue weighted by Gasteiger charge is 2.24. The maximum Gasteiger partial charge on any atom is 0.356 e. The minimum atomic E-state index is -0.359. The number of carbonyl (C=O) groups excluding carboxylic acids is 2. The van der Waals surface area contributed by atoms with Crippen LogP contribution in [0.3, 0.4) is 0 Å². The van der Waals surface area contributed by atoms with E-state index in [-0.39, 0.29) is 11.9 Å². The van der Waals surface area contributed by atoms with Gasteiger partial charge in [-0.1, -0.05) is 0 Å². The standard InChI is InChI=1S/C11H15N3O3/c1-3-17-11(16)9-6-12-10-7-13(8(2)15)4-5-14(9)10/h6H,3-5,7H2,1-2H3. The predicted octanol–water partition coefficient (Wildman–Crippen LogP) is 0.422. The third-order valence-corrected chi connectivity index (χ3v) is 2.79. The molecular weight excluding hydrogens is 222 g/mol. The zero-order chi connectivity index (χ0) is 12.4. The Labute approximate surface area is 99.2 Å². The van der Waals surface area contributed by atoms with Gasteiger partial charge in [0.25, 0.3) is 0 Å². The first-order valence-corrected chi connectivity index (χ1v) is 5.60. The Morgan fingerprint density at radius 3 is 2.88 bits per heavy atom. The molecule has 0 radical (unpaired) electrons. The molecule has 0 saturated heterocycles. The van der Waals surface area contributed by atoms with E-state index in [2.05, 4.69) is 4.98 Å². The fourth-order valence-electron chi connectivity index (χ4n) is 1.90. The van der Waals surface area contributed by atoms with Crippen molar-refractivity contribution in [1.29, 1.82) is 0 Å². The Balaban J connectivity index is 2.21. The number of carbonyl (C=O) groups is 2. The van der Waals surface area contributed by atoms with Gasteiger partial charge in [0.15, 0.2) is 0 Å². The summed E-state index contributed by atoms with van der Waals surface area (Å²) in [5, 5.41) is 0. The summed E-state index contributed by atoms with van der Waals surface area (Å²) in [6.07, 6.45) is 1.51. The molecule has 0 unspecified atom stereocenters. The smallest absolute Gasteiger partial charge is 0.356 e. The normalized spacial score (nSPS) is 14.4. The number of amides is 1. The first-order valence-electron chi connectivity index (χ1n) is 5.60. The zero-order valence-corrected chi connectivity index (χ0v) is 9.97. The van der Waals surface area contributed by atoms with Crippen LogP contribution in [-0.4, -0.2) is 39.5 Å². The summed E-state index contributed by atoms with van der Waals surface area (Å²) in [4.78, 5) is 28.7. The number of aromatic nitrogens is 2. The number of rotatable bonds is 2. The zero-order valence-electron chi connectivity index (χ0n) is 9.97. The second-order valence-electron chi connectivity index (χ2n) is 3.87. The van der Waals surface area contributed by atoms with Crippen LogP contribution in [0.1, 0.15) is 30.2 Å². The Hall–Kier alpha value is -1.85. The molecule has 0 fully saturated rings. The van der Waals surface area contributed by atoms with Gasteiger partial charge in [0.1, 0.15) is 11.5 Å². The second-order valence-corrected chi connectivity index (χ2v) is 3.87. The van der Waals surface area contributed by atoms with E-state index in [1.807, 2.05) is 4.57 Å². The van der Waals surface area contributed by atoms with Crippen molar-refractivity contribution in [2.24, 2.45) is 0 Å². The summed E-state index contributed by atoms with van der Waals surface area (Å²) in [5.74, 6) is 0.397. The largest absolute Gasteiger partial charge is 0.461 e. The summed E-state index contributed by atoms with van der Waals surface area (Å²) in [5.41, 5.74) is 0.463. The van der Waals surface area contributed by atoms with E-state index < -0.39 is 0 Å². The minimum absolute atomic E-state index is 0.0249. The SMILES string of the molecule is CCOC(=O)c1cnc2n1CCN(C(C)=O)C2. The van der Waals surface area contributed by atoms with E-state index in [0.29, 0.717) is 31.9 Å². The van der Waals surface area contributed by atoms with Crippen LogP contribution in [0.25, 0.3) is 0 Å². The first kappa shape index (κ1) is 11.6. The summed E-state index contributed by atoms with van der Waals surface area (Å²) < 4.78 is 6.76. The van der Waals surface area contributed by atoms with Crippen LogP contribution in [0.5, 0.6) is 0 Å². The topological polar surface area (TPSA) is 64.4 Å². The highest BCUT2D eigenvalue weighted by molar-refractivity contribution is 5.87. The van der Waals surface area contributed by atoms with Gasteiger partial charge in [0.2, 0.25) is 5.91 Å². The third-order valence-electron chi connectivity index (χ3n) is 2.79. The molecule has 1 aromatic rings. The van der Waals surface area contributed by atoms with E-state index in [1.54, 1.807) is 11.8 Å². The highest BCUT2D eigenvalue weighted by atomic mass is 16.5. The maximum absolute atomic E-state index is 11.6. The Kier molecular flexibility index (Phi) is 3.12. The predicted molar refractivity (Wildman–Crippen MR) is 59.3 cm³/mol. The Morgan fingerprint density at radius 1 is 1.47 bits per heavy atom. The van der Waals surface area contributed by atoms with Crippen molar-refractivity contribution >= 4 is 11.9 Å². The average Bonchev–Trinajstić information content (AvgIpc) is 2.71. The van der Waals surface area contributed by atoms with Crippen LogP contribution >= 0.6 is 0 Å². The Bertz CT molecular complexity index is 453. The average molecular weight is 237 g/mol. The molecular formula is C11H15N3O3. The molecule has 0 aromatic carbocycles. The minimum Gasteiger partial charge on any atom is -0.461 e. The van der Waals surface area contributed by atoms with Crippen molar-refractivity contribution in [3.8, 4) is 0 Å². The van der Waals surface area contributed by atoms with Crippen molar-refractivity contribution in [2.75, 3.05) is 13.2 Å². The van der Waals surface area contributed by atoms with Gasteiger partial charge in [-0.3, -0.25) is 4.79 Å². The molecule has 2 rings (SSSR count). The van der Waals surface area contributed by atoms with E-state index >= 15 is 0 Å². The quantitative estimate of drug-likeness (QED) is 0.699. The van der Waals surface area contributed by atoms with Crippen LogP contribution in [0.4, 0.5) is 0 Å². The highest BCUT2D eigenvalue weighted by Crippen LogP contribution is 2.15. The molecule has 0 aliphatic carbocycles. The van der Waals surface area contributed by atoms with Crippen LogP contribution < -0.4 is 0 Å². The molecule has 92 valence electrons. The van der Waals surface area contributed by atoms with Crippen molar-refractivity contribution in [2.45, 2.75) is 26.9 Å². The summed E-state index contributed by atoms with van der Waals surface area (Å²) in [7, 11) is 0. The van der Waals surface area contributed by atoms with Crippen LogP contribution in [0, 0.1) is 0 Å². The molecule has 6 heteroatoms. The van der Waals surface area contributed by atoms with Crippen molar-refractivity contribution in [1.82, 2.24) is 14.5 Å². The van der Waals surface area contributed by atoms with Gasteiger partial charge in [0.05, 0.1) is 19.3 Å². The fourth-order valence-corrected chi connectivity index (χ4v) is 1.90. The molecule has 0 spiro atoms. The van der Waals surface area contributed by atoms with Gasteiger partial charge in [-0.15, -0.1) is 0 Å². The number of nitrogens with zero attached hydrogens (tertiary/aromatic N) is 3. The van der Waals surface area contributed by atoms with Crippen LogP contribution in [0.2, 0.25) is 0 Å². The maximum atomic E-state index is 11.6. The molecule has 1 aromatic heterocycles. The number of imidazole rings is 1. The molecule has 2 heterocycles. The second kappa shape index (κ2) is 4.57. The van der Waals surface area contributed by atoms with Gasteiger partial charge in [-0.05, 0) is 6.92 Å². The number of fused-ring (bicyclic) bond motifs is 1. The van der Waals surface area contributed by atoms with Crippen LogP contribution in [-0.2, 0) is 22.6 Å². The van der Waals surface area contributed by atoms with Gasteiger partial charge < -0.3 is 14.2 Å². The van der Waals surface area contributed by atoms with E-state index in [0.717, 1.165) is 5.82 Å². The lowest BCUT2D eigenvalue weighted by Crippen LogP contribution is -2.37. The lowest BCUT2D eigenvalue weighted by atomic mass is 10.3. The molecule has 1 aliphatic heterocycles. The monoisotopic (exact) mass is 237 g/mol. The molecule has 0 bridgehead atoms. The number of ether oxygens (including phenoxy) is 1. The number of hydrogen-bond acceptors (Lipinski definition) is 4. The molecule has 0 saturated carbocycles. The number of hydrogen-bond donors (Lipinski definition) is 0. The summed E-state index contributed by atoms with van der Waals surface area (Å²) in [6, 6.07) is 0. The van der Waals surface area contributed by atoms with E-state index in [1.165, 1.54) is 13.1 Å². The van der Waals surface area contributed by atoms with E-state index in [4.69, 9.17) is 4.74 Å².